The van der Waals surface area contributed by atoms with Gasteiger partial charge in [0, 0.05) is 38.7 Å². The molecule has 1 aliphatic heterocycles. The predicted octanol–water partition coefficient (Wildman–Crippen LogP) is 4.03. The van der Waals surface area contributed by atoms with E-state index in [0.717, 1.165) is 5.57 Å². The van der Waals surface area contributed by atoms with E-state index in [1.54, 1.807) is 33.4 Å². The molecule has 12 heteroatoms. The highest BCUT2D eigenvalue weighted by Crippen LogP contribution is 2.50. The predicted molar refractivity (Wildman–Crippen MR) is 163 cm³/mol. The zero-order chi connectivity index (χ0) is 32.3. The Bertz CT molecular complexity index is 1170. The molecule has 1 aromatic heterocycles. The molecule has 0 saturated heterocycles. The van der Waals surface area contributed by atoms with Crippen LogP contribution in [-0.4, -0.2) is 94.9 Å². The Morgan fingerprint density at radius 2 is 1.91 bits per heavy atom. The van der Waals surface area contributed by atoms with Gasteiger partial charge in [0.1, 0.15) is 30.1 Å². The summed E-state index contributed by atoms with van der Waals surface area (Å²) in [6, 6.07) is 3.14. The van der Waals surface area contributed by atoms with E-state index >= 15 is 0 Å². The summed E-state index contributed by atoms with van der Waals surface area (Å²) in [5.74, 6) is -2.13. The highest BCUT2D eigenvalue weighted by Gasteiger charge is 2.50. The summed E-state index contributed by atoms with van der Waals surface area (Å²) in [6.45, 7) is 6.70. The summed E-state index contributed by atoms with van der Waals surface area (Å²) in [4.78, 5) is 37.0. The lowest BCUT2D eigenvalue weighted by molar-refractivity contribution is -0.159. The third-order valence-corrected chi connectivity index (χ3v) is 7.64. The summed E-state index contributed by atoms with van der Waals surface area (Å²) in [5.41, 5.74) is 1.07. The van der Waals surface area contributed by atoms with Gasteiger partial charge in [-0.05, 0) is 61.5 Å². The number of allylic oxidation sites excluding steroid dienone is 2. The standard InChI is InChI=1S/C24H34O8.C5H5NO2.C2H6O.CH4/c1-13-12-17-5-6-18-7-8-19(26)32-22(16(4)31-23(28)30-10-9-25)14(2)11-15(3)24(18,29)20(17)21(13)27;7-5(8)4-2-1-3-6-4;1-3-2;/h5-6,11,13-14,16,18,21-22,25,27,29H,7-10,12H2,1-4H3;1-3,6H,(H,7,8);1-2H3;1H4/b15-11+;;;/t13-,14?,16?,18?,21+,22?,24?;;;/m0.../s1. The smallest absolute Gasteiger partial charge is 0.477 e. The van der Waals surface area contributed by atoms with Gasteiger partial charge in [0.15, 0.2) is 0 Å². The minimum atomic E-state index is -1.39. The number of carboxylic acids is 1. The van der Waals surface area contributed by atoms with E-state index in [1.165, 1.54) is 6.07 Å². The second-order valence-corrected chi connectivity index (χ2v) is 10.9. The first-order chi connectivity index (χ1) is 20.3. The molecule has 248 valence electrons. The highest BCUT2D eigenvalue weighted by atomic mass is 16.7. The molecule has 44 heavy (non-hydrogen) atoms. The van der Waals surface area contributed by atoms with Crippen LogP contribution in [0.15, 0.2) is 53.3 Å². The third kappa shape index (κ3) is 9.52. The lowest BCUT2D eigenvalue weighted by atomic mass is 9.68. The minimum Gasteiger partial charge on any atom is -0.477 e. The average molecular weight is 624 g/mol. The quantitative estimate of drug-likeness (QED) is 0.236. The Kier molecular flexibility index (Phi) is 15.6. The number of aliphatic hydroxyl groups is 3. The molecule has 5 unspecified atom stereocenters. The van der Waals surface area contributed by atoms with E-state index in [-0.39, 0.29) is 44.6 Å². The van der Waals surface area contributed by atoms with E-state index < -0.39 is 47.9 Å². The summed E-state index contributed by atoms with van der Waals surface area (Å²) in [6.07, 6.45) is 5.09. The van der Waals surface area contributed by atoms with Crippen LogP contribution in [0.1, 0.15) is 64.9 Å². The van der Waals surface area contributed by atoms with Crippen molar-refractivity contribution in [3.63, 3.8) is 0 Å². The number of methoxy groups -OCH3 is 1. The number of aliphatic hydroxyl groups excluding tert-OH is 2. The summed E-state index contributed by atoms with van der Waals surface area (Å²) in [5, 5.41) is 39.9. The molecule has 0 fully saturated rings. The molecule has 0 amide bonds. The molecule has 2 aliphatic carbocycles. The zero-order valence-electron chi connectivity index (χ0n) is 25.6. The lowest BCUT2D eigenvalue weighted by Crippen LogP contribution is -2.47. The number of rotatable bonds is 5. The molecular formula is C32H49NO11. The molecule has 1 aromatic rings. The summed E-state index contributed by atoms with van der Waals surface area (Å²) < 4.78 is 19.9. The van der Waals surface area contributed by atoms with Gasteiger partial charge in [0.2, 0.25) is 0 Å². The number of aromatic amines is 1. The molecule has 2 heterocycles. The maximum absolute atomic E-state index is 12.6. The second-order valence-electron chi connectivity index (χ2n) is 10.9. The van der Waals surface area contributed by atoms with Crippen LogP contribution < -0.4 is 0 Å². The highest BCUT2D eigenvalue weighted by molar-refractivity contribution is 5.85. The molecule has 12 nitrogen and oxygen atoms in total. The lowest BCUT2D eigenvalue weighted by Gasteiger charge is -2.42. The summed E-state index contributed by atoms with van der Waals surface area (Å²) in [7, 11) is 3.25. The fourth-order valence-corrected chi connectivity index (χ4v) is 5.63. The van der Waals surface area contributed by atoms with Gasteiger partial charge in [-0.25, -0.2) is 9.59 Å². The maximum atomic E-state index is 12.6. The van der Waals surface area contributed by atoms with Crippen molar-refractivity contribution < 1.29 is 53.8 Å². The van der Waals surface area contributed by atoms with Crippen molar-refractivity contribution in [2.45, 2.75) is 78.3 Å². The van der Waals surface area contributed by atoms with Crippen molar-refractivity contribution in [2.75, 3.05) is 27.4 Å². The average Bonchev–Trinajstić information content (AvgIpc) is 3.59. The zero-order valence-corrected chi connectivity index (χ0v) is 25.6. The SMILES string of the molecule is C.C/C1=C\C(C)C(C(C)OC(=O)OCCO)OC(=O)CCC2C=CC3=C([C@H](O)[C@@H](C)C3)C12O.COC.O=C(O)c1ccc[nH]1. The number of ether oxygens (including phenoxy) is 4. The first kappa shape index (κ1) is 38.6. The van der Waals surface area contributed by atoms with E-state index in [4.69, 9.17) is 24.4 Å². The van der Waals surface area contributed by atoms with E-state index in [2.05, 4.69) is 9.72 Å². The molecule has 5 N–H and O–H groups in total. The van der Waals surface area contributed by atoms with Gasteiger partial charge in [0.25, 0.3) is 0 Å². The molecule has 0 radical (unpaired) electrons. The van der Waals surface area contributed by atoms with Gasteiger partial charge in [-0.2, -0.15) is 0 Å². The van der Waals surface area contributed by atoms with Crippen LogP contribution in [0.2, 0.25) is 0 Å². The van der Waals surface area contributed by atoms with Crippen LogP contribution in [0.4, 0.5) is 4.79 Å². The van der Waals surface area contributed by atoms with Gasteiger partial charge < -0.3 is 44.4 Å². The van der Waals surface area contributed by atoms with Crippen molar-refractivity contribution in [1.29, 1.82) is 0 Å². The van der Waals surface area contributed by atoms with Crippen LogP contribution in [0.5, 0.6) is 0 Å². The van der Waals surface area contributed by atoms with Crippen LogP contribution >= 0.6 is 0 Å². The molecule has 0 bridgehead atoms. The van der Waals surface area contributed by atoms with Crippen LogP contribution in [0.25, 0.3) is 0 Å². The molecule has 0 aromatic carbocycles. The van der Waals surface area contributed by atoms with Gasteiger partial charge in [-0.15, -0.1) is 0 Å². The van der Waals surface area contributed by atoms with Crippen molar-refractivity contribution >= 4 is 18.1 Å². The number of hydrogen-bond acceptors (Lipinski definition) is 10. The molecule has 7 atom stereocenters. The van der Waals surface area contributed by atoms with Crippen molar-refractivity contribution in [3.8, 4) is 0 Å². The van der Waals surface area contributed by atoms with Crippen LogP contribution in [-0.2, 0) is 23.7 Å². The molecule has 4 rings (SSSR count). The number of cyclic esters (lactones) is 1. The number of hydrogen-bond donors (Lipinski definition) is 5. The summed E-state index contributed by atoms with van der Waals surface area (Å²) >= 11 is 0. The van der Waals surface area contributed by atoms with E-state index in [1.807, 2.05) is 39.0 Å². The number of carbonyl (C=O) groups excluding carboxylic acids is 2. The number of nitrogens with one attached hydrogen (secondary N) is 1. The molecule has 0 saturated carbocycles. The van der Waals surface area contributed by atoms with Crippen LogP contribution in [0.3, 0.4) is 0 Å². The Balaban J connectivity index is 0.000000683. The van der Waals surface area contributed by atoms with Crippen molar-refractivity contribution in [2.24, 2.45) is 17.8 Å². The Morgan fingerprint density at radius 3 is 2.45 bits per heavy atom. The van der Waals surface area contributed by atoms with E-state index in [0.29, 0.717) is 24.0 Å². The number of esters is 1. The second kappa shape index (κ2) is 17.7. The number of carboxylic acid groups (broad SMARTS) is 1. The fourth-order valence-electron chi connectivity index (χ4n) is 5.63. The molecule has 3 aliphatic rings. The first-order valence-corrected chi connectivity index (χ1v) is 14.2. The largest absolute Gasteiger partial charge is 0.508 e. The monoisotopic (exact) mass is 623 g/mol. The number of H-pyrrole nitrogens is 1. The normalized spacial score (nSPS) is 29.3. The third-order valence-electron chi connectivity index (χ3n) is 7.64. The minimum absolute atomic E-state index is 0. The maximum Gasteiger partial charge on any atom is 0.508 e. The number of carbonyl (C=O) groups is 3. The Labute approximate surface area is 259 Å². The fraction of sp³-hybridized carbons (Fsp3) is 0.594. The van der Waals surface area contributed by atoms with Gasteiger partial charge in [0.05, 0.1) is 12.7 Å². The Morgan fingerprint density at radius 1 is 1.25 bits per heavy atom. The van der Waals surface area contributed by atoms with Crippen LogP contribution in [0, 0.1) is 17.8 Å². The van der Waals surface area contributed by atoms with E-state index in [9.17, 15) is 24.6 Å². The molecule has 0 spiro atoms. The van der Waals surface area contributed by atoms with Gasteiger partial charge >= 0.3 is 18.1 Å². The number of aromatic nitrogens is 1. The van der Waals surface area contributed by atoms with Gasteiger partial charge in [-0.3, -0.25) is 4.79 Å². The van der Waals surface area contributed by atoms with Gasteiger partial charge in [-0.1, -0.05) is 39.5 Å². The van der Waals surface area contributed by atoms with Crippen molar-refractivity contribution in [1.82, 2.24) is 4.98 Å². The first-order valence-electron chi connectivity index (χ1n) is 14.2. The topological polar surface area (TPSA) is 185 Å². The number of aromatic carboxylic acids is 1. The Hall–Kier alpha value is -3.45. The number of fused-ring (bicyclic) bond motifs is 2. The van der Waals surface area contributed by atoms with Crippen molar-refractivity contribution in [3.05, 3.63) is 59.0 Å². The molecular weight excluding hydrogens is 574 g/mol.